The van der Waals surface area contributed by atoms with Gasteiger partial charge in [0.1, 0.15) is 22.8 Å². The number of anilines is 3. The van der Waals surface area contributed by atoms with E-state index in [-0.39, 0.29) is 44.8 Å². The van der Waals surface area contributed by atoms with E-state index in [0.29, 0.717) is 5.57 Å². The van der Waals surface area contributed by atoms with Crippen molar-refractivity contribution in [2.75, 3.05) is 34.5 Å². The predicted octanol–water partition coefficient (Wildman–Crippen LogP) is -1.99. The van der Waals surface area contributed by atoms with E-state index in [9.17, 15) is 24.3 Å². The third-order valence-corrected chi connectivity index (χ3v) is 8.60. The lowest BCUT2D eigenvalue weighted by Gasteiger charge is -2.49. The number of hydrogen-bond donors (Lipinski definition) is 7. The van der Waals surface area contributed by atoms with Crippen LogP contribution in [0.4, 0.5) is 16.8 Å². The second-order valence-electron chi connectivity index (χ2n) is 8.26. The van der Waals surface area contributed by atoms with Crippen LogP contribution in [0.2, 0.25) is 0 Å². The van der Waals surface area contributed by atoms with Crippen molar-refractivity contribution in [3.63, 3.8) is 0 Å². The smallest absolute Gasteiger partial charge is 0.352 e. The normalized spacial score (nSPS) is 19.5. The number of amides is 2. The molecule has 0 radical (unpaired) electrons. The van der Waals surface area contributed by atoms with Gasteiger partial charge in [-0.05, 0) is 24.3 Å². The SMILES string of the molecule is CC(O/N=C(\C(=O)NC1C(=O)N2C(C(=O)O)=C(CSc3nc(N)cc(N)[n+]3N)CSC12)c1csc(N)n1)C(=O)O. The molecule has 17 nitrogen and oxygen atoms in total. The lowest BCUT2D eigenvalue weighted by molar-refractivity contribution is -0.667. The van der Waals surface area contributed by atoms with Crippen molar-refractivity contribution < 1.29 is 38.9 Å². The summed E-state index contributed by atoms with van der Waals surface area (Å²) in [6.07, 6.45) is -1.37. The van der Waals surface area contributed by atoms with E-state index in [4.69, 9.17) is 33.0 Å². The second-order valence-corrected chi connectivity index (χ2v) is 11.2. The van der Waals surface area contributed by atoms with Gasteiger partial charge in [0.25, 0.3) is 11.8 Å². The number of thiazole rings is 1. The molecule has 0 spiro atoms. The molecule has 212 valence electrons. The first-order chi connectivity index (χ1) is 18.9. The summed E-state index contributed by atoms with van der Waals surface area (Å²) in [6.45, 7) is 1.21. The third kappa shape index (κ3) is 5.67. The molecule has 1 fully saturated rings. The van der Waals surface area contributed by atoms with Gasteiger partial charge in [-0.2, -0.15) is 0 Å². The molecule has 0 bridgehead atoms. The Morgan fingerprint density at radius 1 is 1.32 bits per heavy atom. The number of thioether (sulfide) groups is 2. The standard InChI is InChI=1S/C20H22N10O7S3/c1-6(17(33)34)37-28-11(8-5-39-19(23)25-8)14(31)27-12-15(32)29-13(18(35)36)7(3-38-16(12)29)4-40-20-26-9(21)2-10(22)30(20)24/h2,5-6,12,16H,3-4,24H2,1H3,(H8,21,22,23,25,27,31,33,34,35,36)/p+1/b28-11-. The van der Waals surface area contributed by atoms with Gasteiger partial charge in [-0.15, -0.1) is 27.8 Å². The van der Waals surface area contributed by atoms with Gasteiger partial charge >= 0.3 is 17.1 Å². The number of β-lactam (4-membered cyclic amide) rings is 1. The quantitative estimate of drug-likeness (QED) is 0.0291. The van der Waals surface area contributed by atoms with Crippen molar-refractivity contribution in [1.29, 1.82) is 0 Å². The summed E-state index contributed by atoms with van der Waals surface area (Å²) in [5, 5.41) is 26.2. The zero-order valence-corrected chi connectivity index (χ0v) is 23.0. The number of nitrogens with two attached hydrogens (primary N) is 4. The van der Waals surface area contributed by atoms with Crippen LogP contribution in [0, 0.1) is 0 Å². The van der Waals surface area contributed by atoms with Crippen LogP contribution >= 0.6 is 34.9 Å². The topological polar surface area (TPSA) is 279 Å². The number of carboxylic acids is 2. The maximum Gasteiger partial charge on any atom is 0.352 e. The van der Waals surface area contributed by atoms with Crippen LogP contribution in [-0.4, -0.2) is 83.6 Å². The predicted molar refractivity (Wildman–Crippen MR) is 145 cm³/mol. The molecule has 0 aromatic carbocycles. The average Bonchev–Trinajstić information content (AvgIpc) is 3.33. The number of aromatic nitrogens is 3. The van der Waals surface area contributed by atoms with Crippen molar-refractivity contribution in [2.24, 2.45) is 5.16 Å². The molecule has 4 heterocycles. The number of nitrogen functional groups attached to an aromatic ring is 4. The Morgan fingerprint density at radius 2 is 2.05 bits per heavy atom. The summed E-state index contributed by atoms with van der Waals surface area (Å²) in [7, 11) is 0. The fourth-order valence-corrected chi connectivity index (χ4v) is 6.54. The first kappa shape index (κ1) is 28.7. The third-order valence-electron chi connectivity index (χ3n) is 5.55. The maximum atomic E-state index is 13.1. The summed E-state index contributed by atoms with van der Waals surface area (Å²) in [5.74, 6) is 2.32. The number of carboxylic acid groups (broad SMARTS) is 2. The summed E-state index contributed by atoms with van der Waals surface area (Å²) in [4.78, 5) is 63.5. The average molecular weight is 612 g/mol. The van der Waals surface area contributed by atoms with Gasteiger partial charge in [-0.25, -0.2) is 14.6 Å². The molecule has 2 amide bonds. The highest BCUT2D eigenvalue weighted by atomic mass is 32.2. The Kier molecular flexibility index (Phi) is 8.21. The molecule has 20 heteroatoms. The Labute approximate surface area is 237 Å². The van der Waals surface area contributed by atoms with Gasteiger partial charge in [-0.3, -0.25) is 20.3 Å². The lowest BCUT2D eigenvalue weighted by Crippen LogP contribution is -2.71. The van der Waals surface area contributed by atoms with Crippen molar-refractivity contribution in [2.45, 2.75) is 29.6 Å². The number of nitrogens with one attached hydrogen (secondary N) is 1. The van der Waals surface area contributed by atoms with Gasteiger partial charge in [0.05, 0.1) is 6.07 Å². The molecule has 0 aliphatic carbocycles. The monoisotopic (exact) mass is 611 g/mol. The Hall–Kier alpha value is -4.30. The van der Waals surface area contributed by atoms with Gasteiger partial charge in [0.15, 0.2) is 10.8 Å². The molecular weight excluding hydrogens is 588 g/mol. The zero-order chi connectivity index (χ0) is 29.3. The largest absolute Gasteiger partial charge is 0.478 e. The lowest BCUT2D eigenvalue weighted by atomic mass is 10.0. The number of hydrogen-bond acceptors (Lipinski definition) is 15. The molecule has 4 rings (SSSR count). The Balaban J connectivity index is 1.52. The number of carbonyl (C=O) groups is 4. The molecule has 2 aliphatic heterocycles. The van der Waals surface area contributed by atoms with E-state index in [1.807, 2.05) is 0 Å². The van der Waals surface area contributed by atoms with Crippen LogP contribution in [0.1, 0.15) is 12.6 Å². The van der Waals surface area contributed by atoms with E-state index >= 15 is 0 Å². The molecular formula is C20H23N10O7S3+. The van der Waals surface area contributed by atoms with Crippen LogP contribution < -0.4 is 33.0 Å². The summed E-state index contributed by atoms with van der Waals surface area (Å²) in [6, 6.07) is 0.277. The number of oxime groups is 1. The van der Waals surface area contributed by atoms with Crippen LogP contribution in [-0.2, 0) is 24.0 Å². The van der Waals surface area contributed by atoms with Crippen molar-refractivity contribution in [1.82, 2.24) is 20.2 Å². The molecule has 2 aromatic heterocycles. The highest BCUT2D eigenvalue weighted by Gasteiger charge is 2.54. The number of aliphatic carboxylic acids is 2. The first-order valence-electron chi connectivity index (χ1n) is 11.1. The van der Waals surface area contributed by atoms with Gasteiger partial charge in [-0.1, -0.05) is 10.1 Å². The summed E-state index contributed by atoms with van der Waals surface area (Å²) in [5.41, 5.74) is 17.0. The van der Waals surface area contributed by atoms with E-state index in [0.717, 1.165) is 32.7 Å². The molecule has 3 unspecified atom stereocenters. The molecule has 0 saturated carbocycles. The van der Waals surface area contributed by atoms with E-state index in [1.165, 1.54) is 30.1 Å². The van der Waals surface area contributed by atoms with Crippen molar-refractivity contribution in [3.05, 3.63) is 28.4 Å². The fourth-order valence-electron chi connectivity index (χ4n) is 3.56. The van der Waals surface area contributed by atoms with Crippen molar-refractivity contribution >= 4 is 81.1 Å². The highest BCUT2D eigenvalue weighted by molar-refractivity contribution is 8.01. The molecule has 2 aromatic rings. The second kappa shape index (κ2) is 11.4. The van der Waals surface area contributed by atoms with Gasteiger partial charge < -0.3 is 37.6 Å². The molecule has 2 aliphatic rings. The van der Waals surface area contributed by atoms with Crippen molar-refractivity contribution in [3.8, 4) is 0 Å². The molecule has 40 heavy (non-hydrogen) atoms. The first-order valence-corrected chi connectivity index (χ1v) is 14.0. The minimum atomic E-state index is -1.37. The number of nitrogens with zero attached hydrogens (tertiary/aromatic N) is 5. The van der Waals surface area contributed by atoms with E-state index in [2.05, 4.69) is 20.4 Å². The Morgan fingerprint density at radius 3 is 2.67 bits per heavy atom. The van der Waals surface area contributed by atoms with Crippen LogP contribution in [0.3, 0.4) is 0 Å². The zero-order valence-electron chi connectivity index (χ0n) is 20.5. The molecule has 11 N–H and O–H groups in total. The van der Waals surface area contributed by atoms with Crippen LogP contribution in [0.15, 0.2) is 33.0 Å². The minimum Gasteiger partial charge on any atom is -0.478 e. The van der Waals surface area contributed by atoms with Crippen LogP contribution in [0.25, 0.3) is 0 Å². The number of fused-ring (bicyclic) bond motifs is 1. The molecule has 1 saturated heterocycles. The highest BCUT2D eigenvalue weighted by Crippen LogP contribution is 2.41. The van der Waals surface area contributed by atoms with Gasteiger partial charge in [0, 0.05) is 16.9 Å². The fraction of sp³-hybridized carbons (Fsp3) is 0.300. The Bertz CT molecular complexity index is 1460. The summed E-state index contributed by atoms with van der Waals surface area (Å²) >= 11 is 3.35. The van der Waals surface area contributed by atoms with Gasteiger partial charge in [0.2, 0.25) is 17.7 Å². The number of rotatable bonds is 10. The minimum absolute atomic E-state index is 0.0101. The van der Waals surface area contributed by atoms with E-state index in [1.54, 1.807) is 0 Å². The van der Waals surface area contributed by atoms with E-state index < -0.39 is 47.0 Å². The maximum absolute atomic E-state index is 13.1. The molecule has 3 atom stereocenters. The van der Waals surface area contributed by atoms with Crippen LogP contribution in [0.5, 0.6) is 0 Å². The summed E-state index contributed by atoms with van der Waals surface area (Å²) < 4.78 is 1.11. The number of carbonyl (C=O) groups excluding carboxylic acids is 2.